The number of ether oxygens (including phenoxy) is 1. The summed E-state index contributed by atoms with van der Waals surface area (Å²) < 4.78 is 10.00. The predicted octanol–water partition coefficient (Wildman–Crippen LogP) is 1.24. The predicted molar refractivity (Wildman–Crippen MR) is 56.7 cm³/mol. The molecule has 1 rings (SSSR count). The molecule has 0 spiro atoms. The molecule has 0 aliphatic heterocycles. The van der Waals surface area contributed by atoms with Crippen LogP contribution in [-0.2, 0) is 16.0 Å². The van der Waals surface area contributed by atoms with Gasteiger partial charge in [-0.1, -0.05) is 0 Å². The number of aryl methyl sites for hydroxylation is 1. The number of carbonyl (C=O) groups excluding carboxylic acids is 1. The Kier molecular flexibility index (Phi) is 4.37. The van der Waals surface area contributed by atoms with Crippen molar-refractivity contribution in [2.75, 3.05) is 27.2 Å². The van der Waals surface area contributed by atoms with E-state index in [2.05, 4.69) is 4.74 Å². The van der Waals surface area contributed by atoms with E-state index in [0.717, 1.165) is 24.5 Å². The van der Waals surface area contributed by atoms with Crippen molar-refractivity contribution >= 4 is 5.97 Å². The van der Waals surface area contributed by atoms with Gasteiger partial charge in [-0.25, -0.2) is 0 Å². The highest BCUT2D eigenvalue weighted by molar-refractivity contribution is 5.71. The molecule has 0 unspecified atom stereocenters. The number of carbonyl (C=O) groups is 1. The van der Waals surface area contributed by atoms with Crippen LogP contribution >= 0.6 is 0 Å². The van der Waals surface area contributed by atoms with E-state index in [9.17, 15) is 4.79 Å². The summed E-state index contributed by atoms with van der Waals surface area (Å²) in [6, 6.07) is 3.90. The van der Waals surface area contributed by atoms with E-state index in [-0.39, 0.29) is 5.97 Å². The van der Waals surface area contributed by atoms with Crippen molar-refractivity contribution in [1.29, 1.82) is 0 Å². The maximum absolute atomic E-state index is 11.0. The molecule has 0 aliphatic rings. The second-order valence-corrected chi connectivity index (χ2v) is 3.58. The Balaban J connectivity index is 2.28. The Morgan fingerprint density at radius 2 is 2.27 bits per heavy atom. The minimum atomic E-state index is -0.215. The minimum absolute atomic E-state index is 0.215. The molecule has 1 aromatic heterocycles. The quantitative estimate of drug-likeness (QED) is 0.687. The number of hydrogen-bond acceptors (Lipinski definition) is 4. The zero-order valence-electron chi connectivity index (χ0n) is 9.45. The van der Waals surface area contributed by atoms with E-state index in [0.29, 0.717) is 6.54 Å². The van der Waals surface area contributed by atoms with E-state index in [1.165, 1.54) is 7.11 Å². The van der Waals surface area contributed by atoms with Gasteiger partial charge in [0.25, 0.3) is 0 Å². The molecule has 0 amide bonds. The molecule has 84 valence electrons. The lowest BCUT2D eigenvalue weighted by atomic mass is 10.3. The van der Waals surface area contributed by atoms with Crippen LogP contribution < -0.4 is 0 Å². The summed E-state index contributed by atoms with van der Waals surface area (Å²) in [5.41, 5.74) is 0. The number of likely N-dealkylation sites (N-methyl/N-ethyl adjacent to an activating group) is 1. The monoisotopic (exact) mass is 211 g/mol. The minimum Gasteiger partial charge on any atom is -0.468 e. The fraction of sp³-hybridized carbons (Fsp3) is 0.545. The van der Waals surface area contributed by atoms with Gasteiger partial charge >= 0.3 is 5.97 Å². The molecular weight excluding hydrogens is 194 g/mol. The number of rotatable bonds is 5. The molecule has 1 aromatic rings. The molecule has 0 saturated heterocycles. The normalized spacial score (nSPS) is 10.7. The Morgan fingerprint density at radius 1 is 1.53 bits per heavy atom. The van der Waals surface area contributed by atoms with Crippen molar-refractivity contribution in [1.82, 2.24) is 4.90 Å². The lowest BCUT2D eigenvalue weighted by Gasteiger charge is -2.13. The lowest BCUT2D eigenvalue weighted by molar-refractivity contribution is -0.141. The molecule has 0 fully saturated rings. The van der Waals surface area contributed by atoms with Crippen LogP contribution in [0, 0.1) is 6.92 Å². The first-order valence-corrected chi connectivity index (χ1v) is 4.92. The second kappa shape index (κ2) is 5.56. The zero-order chi connectivity index (χ0) is 11.3. The Morgan fingerprint density at radius 3 is 2.80 bits per heavy atom. The van der Waals surface area contributed by atoms with Gasteiger partial charge in [-0.05, 0) is 26.1 Å². The van der Waals surface area contributed by atoms with Gasteiger partial charge < -0.3 is 9.15 Å². The van der Waals surface area contributed by atoms with E-state index < -0.39 is 0 Å². The summed E-state index contributed by atoms with van der Waals surface area (Å²) in [4.78, 5) is 12.9. The smallest absolute Gasteiger partial charge is 0.319 e. The first kappa shape index (κ1) is 11.8. The molecule has 15 heavy (non-hydrogen) atoms. The van der Waals surface area contributed by atoms with Gasteiger partial charge in [-0.2, -0.15) is 0 Å². The SMILES string of the molecule is COC(=O)CN(C)CCc1ccc(C)o1. The van der Waals surface area contributed by atoms with Gasteiger partial charge in [0.2, 0.25) is 0 Å². The van der Waals surface area contributed by atoms with Crippen molar-refractivity contribution in [2.45, 2.75) is 13.3 Å². The maximum Gasteiger partial charge on any atom is 0.319 e. The van der Waals surface area contributed by atoms with Crippen LogP contribution in [0.4, 0.5) is 0 Å². The summed E-state index contributed by atoms with van der Waals surface area (Å²) in [6.07, 6.45) is 0.807. The van der Waals surface area contributed by atoms with Crippen molar-refractivity contribution in [2.24, 2.45) is 0 Å². The van der Waals surface area contributed by atoms with E-state index in [4.69, 9.17) is 4.42 Å². The van der Waals surface area contributed by atoms with E-state index >= 15 is 0 Å². The van der Waals surface area contributed by atoms with Crippen LogP contribution in [0.1, 0.15) is 11.5 Å². The fourth-order valence-corrected chi connectivity index (χ4v) is 1.28. The summed E-state index contributed by atoms with van der Waals surface area (Å²) in [5.74, 6) is 1.65. The maximum atomic E-state index is 11.0. The summed E-state index contributed by atoms with van der Waals surface area (Å²) in [7, 11) is 3.28. The molecule has 0 atom stereocenters. The molecule has 0 saturated carbocycles. The number of nitrogens with zero attached hydrogens (tertiary/aromatic N) is 1. The van der Waals surface area contributed by atoms with Crippen LogP contribution in [0.15, 0.2) is 16.5 Å². The number of esters is 1. The van der Waals surface area contributed by atoms with Crippen LogP contribution in [-0.4, -0.2) is 38.1 Å². The second-order valence-electron chi connectivity index (χ2n) is 3.58. The van der Waals surface area contributed by atoms with Gasteiger partial charge in [0, 0.05) is 13.0 Å². The van der Waals surface area contributed by atoms with Crippen LogP contribution in [0.3, 0.4) is 0 Å². The van der Waals surface area contributed by atoms with E-state index in [1.807, 2.05) is 31.0 Å². The summed E-state index contributed by atoms with van der Waals surface area (Å²) in [6.45, 7) is 3.01. The van der Waals surface area contributed by atoms with Gasteiger partial charge in [-0.3, -0.25) is 9.69 Å². The average Bonchev–Trinajstić information content (AvgIpc) is 2.61. The number of methoxy groups -OCH3 is 1. The lowest BCUT2D eigenvalue weighted by Crippen LogP contribution is -2.28. The van der Waals surface area contributed by atoms with Crippen LogP contribution in [0.25, 0.3) is 0 Å². The highest BCUT2D eigenvalue weighted by Gasteiger charge is 2.07. The molecule has 0 N–H and O–H groups in total. The van der Waals surface area contributed by atoms with Gasteiger partial charge in [0.05, 0.1) is 13.7 Å². The first-order valence-electron chi connectivity index (χ1n) is 4.92. The Labute approximate surface area is 89.8 Å². The topological polar surface area (TPSA) is 42.7 Å². The standard InChI is InChI=1S/C11H17NO3/c1-9-4-5-10(15-9)6-7-12(2)8-11(13)14-3/h4-5H,6-8H2,1-3H3. The molecule has 0 aromatic carbocycles. The highest BCUT2D eigenvalue weighted by atomic mass is 16.5. The number of hydrogen-bond donors (Lipinski definition) is 0. The molecule has 0 bridgehead atoms. The van der Waals surface area contributed by atoms with Gasteiger partial charge in [-0.15, -0.1) is 0 Å². The van der Waals surface area contributed by atoms with Crippen molar-refractivity contribution < 1.29 is 13.9 Å². The van der Waals surface area contributed by atoms with Crippen molar-refractivity contribution in [3.63, 3.8) is 0 Å². The molecule has 1 heterocycles. The third-order valence-corrected chi connectivity index (χ3v) is 2.16. The Bertz CT molecular complexity index is 319. The third kappa shape index (κ3) is 4.16. The molecule has 0 radical (unpaired) electrons. The first-order chi connectivity index (χ1) is 7.11. The average molecular weight is 211 g/mol. The summed E-state index contributed by atoms with van der Waals surface area (Å²) in [5, 5.41) is 0. The largest absolute Gasteiger partial charge is 0.468 e. The fourth-order valence-electron chi connectivity index (χ4n) is 1.28. The highest BCUT2D eigenvalue weighted by Crippen LogP contribution is 2.07. The molecule has 4 heteroatoms. The van der Waals surface area contributed by atoms with Crippen molar-refractivity contribution in [3.05, 3.63) is 23.7 Å². The zero-order valence-corrected chi connectivity index (χ0v) is 9.45. The van der Waals surface area contributed by atoms with Crippen molar-refractivity contribution in [3.8, 4) is 0 Å². The molecular formula is C11H17NO3. The van der Waals surface area contributed by atoms with Crippen LogP contribution in [0.5, 0.6) is 0 Å². The van der Waals surface area contributed by atoms with Gasteiger partial charge in [0.1, 0.15) is 11.5 Å². The van der Waals surface area contributed by atoms with Gasteiger partial charge in [0.15, 0.2) is 0 Å². The Hall–Kier alpha value is -1.29. The van der Waals surface area contributed by atoms with E-state index in [1.54, 1.807) is 0 Å². The van der Waals surface area contributed by atoms with Crippen LogP contribution in [0.2, 0.25) is 0 Å². The third-order valence-electron chi connectivity index (χ3n) is 2.16. The summed E-state index contributed by atoms with van der Waals surface area (Å²) >= 11 is 0. The molecule has 4 nitrogen and oxygen atoms in total. The number of furan rings is 1. The molecule has 0 aliphatic carbocycles.